The van der Waals surface area contributed by atoms with E-state index in [1.54, 1.807) is 19.2 Å². The molecule has 2 aromatic carbocycles. The predicted octanol–water partition coefficient (Wildman–Crippen LogP) is 2.83. The third-order valence-electron chi connectivity index (χ3n) is 3.70. The van der Waals surface area contributed by atoms with Crippen LogP contribution in [0.15, 0.2) is 42.5 Å². The maximum atomic E-state index is 12.0. The Hall–Kier alpha value is -2.82. The number of ether oxygens (including phenoxy) is 2. The van der Waals surface area contributed by atoms with Crippen molar-refractivity contribution in [3.05, 3.63) is 64.7 Å². The summed E-state index contributed by atoms with van der Waals surface area (Å²) < 4.78 is 10.3. The Balaban J connectivity index is 1.78. The summed E-state index contributed by atoms with van der Waals surface area (Å²) in [4.78, 5) is 23.9. The fourth-order valence-electron chi connectivity index (χ4n) is 2.60. The van der Waals surface area contributed by atoms with Crippen LogP contribution in [0.2, 0.25) is 0 Å². The summed E-state index contributed by atoms with van der Waals surface area (Å²) in [6.07, 6.45) is 0.640. The zero-order valence-electron chi connectivity index (χ0n) is 14.8. The van der Waals surface area contributed by atoms with Gasteiger partial charge < -0.3 is 14.8 Å². The molecule has 5 nitrogen and oxygen atoms in total. The van der Waals surface area contributed by atoms with E-state index in [0.29, 0.717) is 18.5 Å². The average Bonchev–Trinajstić information content (AvgIpc) is 2.59. The number of methoxy groups -OCH3 is 1. The van der Waals surface area contributed by atoms with Crippen LogP contribution in [0.5, 0.6) is 5.75 Å². The fourth-order valence-corrected chi connectivity index (χ4v) is 2.60. The number of rotatable bonds is 7. The monoisotopic (exact) mass is 341 g/mol. The molecule has 2 rings (SSSR count). The summed E-state index contributed by atoms with van der Waals surface area (Å²) in [5.74, 6) is -0.0303. The number of aryl methyl sites for hydroxylation is 2. The molecule has 0 bridgehead atoms. The quantitative estimate of drug-likeness (QED) is 0.787. The first-order valence-corrected chi connectivity index (χ1v) is 8.13. The molecule has 0 fully saturated rings. The van der Waals surface area contributed by atoms with Crippen molar-refractivity contribution < 1.29 is 19.1 Å². The van der Waals surface area contributed by atoms with Crippen molar-refractivity contribution in [1.29, 1.82) is 0 Å². The Morgan fingerprint density at radius 2 is 1.72 bits per heavy atom. The lowest BCUT2D eigenvalue weighted by Crippen LogP contribution is -2.30. The Kier molecular flexibility index (Phi) is 6.57. The third-order valence-corrected chi connectivity index (χ3v) is 3.70. The van der Waals surface area contributed by atoms with Crippen LogP contribution in [0.3, 0.4) is 0 Å². The van der Waals surface area contributed by atoms with Crippen molar-refractivity contribution in [2.45, 2.75) is 20.3 Å². The molecule has 5 heteroatoms. The number of nitrogens with one attached hydrogen (secondary N) is 1. The third kappa shape index (κ3) is 5.64. The van der Waals surface area contributed by atoms with Crippen LogP contribution in [0.25, 0.3) is 0 Å². The highest BCUT2D eigenvalue weighted by Gasteiger charge is 2.11. The smallest absolute Gasteiger partial charge is 0.338 e. The molecule has 0 aliphatic carbocycles. The van der Waals surface area contributed by atoms with E-state index in [4.69, 9.17) is 9.47 Å². The summed E-state index contributed by atoms with van der Waals surface area (Å²) in [5, 5.41) is 2.74. The standard InChI is InChI=1S/C20H23NO4/c1-14-10-15(2)12-17(11-14)20(23)25-13-19(22)21-9-8-16-6-4-5-7-18(16)24-3/h4-7,10-12H,8-9,13H2,1-3H3,(H,21,22). The number of hydrogen-bond acceptors (Lipinski definition) is 4. The van der Waals surface area contributed by atoms with Crippen molar-refractivity contribution in [3.63, 3.8) is 0 Å². The summed E-state index contributed by atoms with van der Waals surface area (Å²) in [7, 11) is 1.61. The van der Waals surface area contributed by atoms with Gasteiger partial charge in [-0.05, 0) is 44.0 Å². The zero-order chi connectivity index (χ0) is 18.2. The van der Waals surface area contributed by atoms with Crippen LogP contribution in [-0.4, -0.2) is 32.1 Å². The molecule has 132 valence electrons. The molecule has 1 N–H and O–H groups in total. The number of amides is 1. The predicted molar refractivity (Wildman–Crippen MR) is 95.9 cm³/mol. The molecular weight excluding hydrogens is 318 g/mol. The minimum atomic E-state index is -0.494. The van der Waals surface area contributed by atoms with Gasteiger partial charge >= 0.3 is 5.97 Å². The van der Waals surface area contributed by atoms with Crippen LogP contribution in [0.1, 0.15) is 27.0 Å². The molecule has 0 spiro atoms. The van der Waals surface area contributed by atoms with Crippen molar-refractivity contribution in [2.75, 3.05) is 20.3 Å². The molecule has 0 aliphatic heterocycles. The van der Waals surface area contributed by atoms with Gasteiger partial charge in [-0.15, -0.1) is 0 Å². The van der Waals surface area contributed by atoms with Gasteiger partial charge in [0, 0.05) is 6.54 Å². The van der Waals surface area contributed by atoms with Gasteiger partial charge in [0.05, 0.1) is 12.7 Å². The molecule has 0 atom stereocenters. The number of benzene rings is 2. The second-order valence-corrected chi connectivity index (χ2v) is 5.86. The van der Waals surface area contributed by atoms with E-state index in [-0.39, 0.29) is 12.5 Å². The first-order chi connectivity index (χ1) is 12.0. The Bertz CT molecular complexity index is 735. The van der Waals surface area contributed by atoms with E-state index in [1.165, 1.54) is 0 Å². The van der Waals surface area contributed by atoms with Crippen molar-refractivity contribution in [2.24, 2.45) is 0 Å². The highest BCUT2D eigenvalue weighted by Crippen LogP contribution is 2.17. The van der Waals surface area contributed by atoms with Crippen LogP contribution < -0.4 is 10.1 Å². The van der Waals surface area contributed by atoms with Gasteiger partial charge in [-0.2, -0.15) is 0 Å². The molecule has 2 aromatic rings. The number of para-hydroxylation sites is 1. The SMILES string of the molecule is COc1ccccc1CCNC(=O)COC(=O)c1cc(C)cc(C)c1. The Labute approximate surface area is 148 Å². The molecule has 25 heavy (non-hydrogen) atoms. The van der Waals surface area contributed by atoms with Gasteiger partial charge in [0.25, 0.3) is 5.91 Å². The van der Waals surface area contributed by atoms with Crippen LogP contribution >= 0.6 is 0 Å². The van der Waals surface area contributed by atoms with Crippen LogP contribution in [-0.2, 0) is 16.0 Å². The summed E-state index contributed by atoms with van der Waals surface area (Å²) in [6, 6.07) is 13.1. The first kappa shape index (κ1) is 18.5. The van der Waals surface area contributed by atoms with Crippen LogP contribution in [0.4, 0.5) is 0 Å². The minimum absolute atomic E-state index is 0.294. The van der Waals surface area contributed by atoms with E-state index >= 15 is 0 Å². The maximum Gasteiger partial charge on any atom is 0.338 e. The lowest BCUT2D eigenvalue weighted by Gasteiger charge is -2.10. The first-order valence-electron chi connectivity index (χ1n) is 8.13. The molecule has 1 amide bonds. The molecule has 0 radical (unpaired) electrons. The molecular formula is C20H23NO4. The van der Waals surface area contributed by atoms with Gasteiger partial charge in [0.1, 0.15) is 5.75 Å². The van der Waals surface area contributed by atoms with E-state index in [1.807, 2.05) is 44.2 Å². The molecule has 0 aliphatic rings. The number of hydrogen-bond donors (Lipinski definition) is 1. The van der Waals surface area contributed by atoms with E-state index < -0.39 is 5.97 Å². The Morgan fingerprint density at radius 1 is 1.04 bits per heavy atom. The van der Waals surface area contributed by atoms with Crippen molar-refractivity contribution in [3.8, 4) is 5.75 Å². The van der Waals surface area contributed by atoms with E-state index in [9.17, 15) is 9.59 Å². The molecule has 0 heterocycles. The largest absolute Gasteiger partial charge is 0.496 e. The second-order valence-electron chi connectivity index (χ2n) is 5.86. The Morgan fingerprint density at radius 3 is 2.40 bits per heavy atom. The maximum absolute atomic E-state index is 12.0. The highest BCUT2D eigenvalue weighted by molar-refractivity contribution is 5.91. The highest BCUT2D eigenvalue weighted by atomic mass is 16.5. The molecule has 0 saturated carbocycles. The molecule has 0 saturated heterocycles. The summed E-state index contributed by atoms with van der Waals surface area (Å²) in [6.45, 7) is 3.97. The van der Waals surface area contributed by atoms with Gasteiger partial charge in [-0.1, -0.05) is 35.4 Å². The fraction of sp³-hybridized carbons (Fsp3) is 0.300. The topological polar surface area (TPSA) is 64.6 Å². The summed E-state index contributed by atoms with van der Waals surface area (Å²) >= 11 is 0. The van der Waals surface area contributed by atoms with E-state index in [0.717, 1.165) is 22.4 Å². The van der Waals surface area contributed by atoms with Gasteiger partial charge in [-0.25, -0.2) is 4.79 Å². The average molecular weight is 341 g/mol. The zero-order valence-corrected chi connectivity index (χ0v) is 14.8. The number of carbonyl (C=O) groups is 2. The van der Waals surface area contributed by atoms with Crippen LogP contribution in [0, 0.1) is 13.8 Å². The number of esters is 1. The molecule has 0 aromatic heterocycles. The van der Waals surface area contributed by atoms with Gasteiger partial charge in [-0.3, -0.25) is 4.79 Å². The minimum Gasteiger partial charge on any atom is -0.496 e. The summed E-state index contributed by atoms with van der Waals surface area (Å²) in [5.41, 5.74) is 3.43. The normalized spacial score (nSPS) is 10.2. The number of carbonyl (C=O) groups excluding carboxylic acids is 2. The van der Waals surface area contributed by atoms with Crippen molar-refractivity contribution >= 4 is 11.9 Å². The van der Waals surface area contributed by atoms with Gasteiger partial charge in [0.2, 0.25) is 0 Å². The van der Waals surface area contributed by atoms with Crippen molar-refractivity contribution in [1.82, 2.24) is 5.32 Å². The van der Waals surface area contributed by atoms with Gasteiger partial charge in [0.15, 0.2) is 6.61 Å². The lowest BCUT2D eigenvalue weighted by molar-refractivity contribution is -0.124. The van der Waals surface area contributed by atoms with E-state index in [2.05, 4.69) is 5.32 Å². The second kappa shape index (κ2) is 8.87. The molecule has 0 unspecified atom stereocenters. The lowest BCUT2D eigenvalue weighted by atomic mass is 10.1.